The van der Waals surface area contributed by atoms with Crippen LogP contribution in [0.4, 0.5) is 4.79 Å². The third-order valence-electron chi connectivity index (χ3n) is 3.21. The first kappa shape index (κ1) is 11.7. The van der Waals surface area contributed by atoms with Gasteiger partial charge in [0.05, 0.1) is 37.7 Å². The van der Waals surface area contributed by atoms with Gasteiger partial charge in [-0.05, 0) is 0 Å². The van der Waals surface area contributed by atoms with Gasteiger partial charge in [-0.1, -0.05) is 0 Å². The molecule has 0 saturated carbocycles. The van der Waals surface area contributed by atoms with E-state index in [4.69, 9.17) is 0 Å². The Morgan fingerprint density at radius 1 is 1.31 bits per heavy atom. The minimum Gasteiger partial charge on any atom is -0.336 e. The van der Waals surface area contributed by atoms with E-state index in [9.17, 15) is 13.2 Å². The molecule has 2 amide bonds. The Balaban J connectivity index is 1.73. The number of nitrogens with zero attached hydrogens (tertiary/aromatic N) is 1. The van der Waals surface area contributed by atoms with Crippen molar-refractivity contribution in [2.75, 3.05) is 50.8 Å². The number of rotatable bonds is 3. The highest BCUT2D eigenvalue weighted by atomic mass is 32.2. The third-order valence-corrected chi connectivity index (χ3v) is 4.87. The minimum absolute atomic E-state index is 0.00373. The highest BCUT2D eigenvalue weighted by Gasteiger charge is 2.26. The fourth-order valence-electron chi connectivity index (χ4n) is 2.09. The summed E-state index contributed by atoms with van der Waals surface area (Å²) in [7, 11) is -2.78. The lowest BCUT2D eigenvalue weighted by Gasteiger charge is -2.25. The van der Waals surface area contributed by atoms with Crippen LogP contribution >= 0.6 is 0 Å². The van der Waals surface area contributed by atoms with E-state index in [-0.39, 0.29) is 17.5 Å². The normalized spacial score (nSPS) is 25.8. The van der Waals surface area contributed by atoms with Gasteiger partial charge in [-0.25, -0.2) is 13.2 Å². The predicted octanol–water partition coefficient (Wildman–Crippen LogP) is -2.68. The molecule has 0 aromatic heterocycles. The van der Waals surface area contributed by atoms with Crippen molar-refractivity contribution < 1.29 is 18.1 Å². The summed E-state index contributed by atoms with van der Waals surface area (Å²) in [6.07, 6.45) is 0. The molecule has 16 heavy (non-hydrogen) atoms. The summed E-state index contributed by atoms with van der Waals surface area (Å²) in [5.41, 5.74) is 0. The summed E-state index contributed by atoms with van der Waals surface area (Å²) in [5, 5.41) is 2.75. The zero-order valence-corrected chi connectivity index (χ0v) is 10.1. The van der Waals surface area contributed by atoms with Gasteiger partial charge >= 0.3 is 6.03 Å². The molecular formula is C9H18N3O3S+. The molecule has 92 valence electrons. The van der Waals surface area contributed by atoms with Gasteiger partial charge in [0, 0.05) is 13.1 Å². The molecule has 2 aliphatic heterocycles. The summed E-state index contributed by atoms with van der Waals surface area (Å²) in [6.45, 7) is 4.42. The average molecular weight is 248 g/mol. The fraction of sp³-hybridized carbons (Fsp3) is 0.889. The number of hydrogen-bond acceptors (Lipinski definition) is 3. The zero-order valence-electron chi connectivity index (χ0n) is 9.24. The van der Waals surface area contributed by atoms with Crippen LogP contribution < -0.4 is 10.2 Å². The standard InChI is InChI=1S/C9H17N3O3S/c13-9-10-1-2-12(9)4-3-11-5-7-16(14,15)8-6-11/h1-8H2,(H,10,13)/p+1. The van der Waals surface area contributed by atoms with E-state index >= 15 is 0 Å². The first-order valence-corrected chi connectivity index (χ1v) is 7.46. The van der Waals surface area contributed by atoms with Gasteiger partial charge in [-0.15, -0.1) is 0 Å². The van der Waals surface area contributed by atoms with E-state index in [0.717, 1.165) is 26.2 Å². The first-order valence-electron chi connectivity index (χ1n) is 5.64. The monoisotopic (exact) mass is 248 g/mol. The van der Waals surface area contributed by atoms with Crippen LogP contribution in [0.1, 0.15) is 0 Å². The van der Waals surface area contributed by atoms with Crippen LogP contribution in [-0.2, 0) is 9.84 Å². The number of hydrogen-bond donors (Lipinski definition) is 2. The lowest BCUT2D eigenvalue weighted by atomic mass is 10.4. The molecule has 2 fully saturated rings. The van der Waals surface area contributed by atoms with E-state index in [1.54, 1.807) is 4.90 Å². The number of carbonyl (C=O) groups excluding carboxylic acids is 1. The molecule has 0 aromatic carbocycles. The summed E-state index contributed by atoms with van der Waals surface area (Å²) in [6, 6.07) is 0.00373. The fourth-order valence-corrected chi connectivity index (χ4v) is 3.50. The number of nitrogens with one attached hydrogen (secondary N) is 2. The summed E-state index contributed by atoms with van der Waals surface area (Å²) in [5.74, 6) is 0.572. The number of quaternary nitrogens is 1. The number of amides is 2. The Morgan fingerprint density at radius 2 is 2.00 bits per heavy atom. The quantitative estimate of drug-likeness (QED) is 0.572. The molecule has 7 heteroatoms. The van der Waals surface area contributed by atoms with Crippen molar-refractivity contribution in [3.05, 3.63) is 0 Å². The molecule has 0 aromatic rings. The Kier molecular flexibility index (Phi) is 3.34. The van der Waals surface area contributed by atoms with Crippen LogP contribution in [0.2, 0.25) is 0 Å². The Bertz CT molecular complexity index is 354. The topological polar surface area (TPSA) is 70.9 Å². The zero-order chi connectivity index (χ0) is 11.6. The Hall–Kier alpha value is -0.820. The van der Waals surface area contributed by atoms with Gasteiger partial charge < -0.3 is 15.1 Å². The van der Waals surface area contributed by atoms with Crippen molar-refractivity contribution in [2.24, 2.45) is 0 Å². The Labute approximate surface area is 95.5 Å². The van der Waals surface area contributed by atoms with Gasteiger partial charge in [0.1, 0.15) is 0 Å². The van der Waals surface area contributed by atoms with Gasteiger partial charge in [-0.2, -0.15) is 0 Å². The number of carbonyl (C=O) groups is 1. The number of sulfone groups is 1. The van der Waals surface area contributed by atoms with E-state index in [0.29, 0.717) is 13.1 Å². The van der Waals surface area contributed by atoms with Crippen LogP contribution in [0.3, 0.4) is 0 Å². The van der Waals surface area contributed by atoms with Crippen LogP contribution in [-0.4, -0.2) is 70.1 Å². The van der Waals surface area contributed by atoms with E-state index in [2.05, 4.69) is 5.32 Å². The lowest BCUT2D eigenvalue weighted by molar-refractivity contribution is -0.895. The molecular weight excluding hydrogens is 230 g/mol. The SMILES string of the molecule is O=C1NCCN1CC[NH+]1CCS(=O)(=O)CC1. The molecule has 2 heterocycles. The summed E-state index contributed by atoms with van der Waals surface area (Å²) in [4.78, 5) is 14.3. The molecule has 2 saturated heterocycles. The first-order chi connectivity index (χ1) is 7.57. The summed E-state index contributed by atoms with van der Waals surface area (Å²) < 4.78 is 22.4. The molecule has 0 radical (unpaired) electrons. The highest BCUT2D eigenvalue weighted by Crippen LogP contribution is 1.94. The van der Waals surface area contributed by atoms with Crippen molar-refractivity contribution in [1.29, 1.82) is 0 Å². The van der Waals surface area contributed by atoms with Crippen LogP contribution in [0.5, 0.6) is 0 Å². The highest BCUT2D eigenvalue weighted by molar-refractivity contribution is 7.91. The van der Waals surface area contributed by atoms with Crippen LogP contribution in [0.15, 0.2) is 0 Å². The van der Waals surface area contributed by atoms with Gasteiger partial charge in [-0.3, -0.25) is 0 Å². The van der Waals surface area contributed by atoms with Gasteiger partial charge in [0.15, 0.2) is 9.84 Å². The van der Waals surface area contributed by atoms with Crippen LogP contribution in [0, 0.1) is 0 Å². The molecule has 6 nitrogen and oxygen atoms in total. The van der Waals surface area contributed by atoms with E-state index < -0.39 is 9.84 Å². The minimum atomic E-state index is -2.78. The Morgan fingerprint density at radius 3 is 2.56 bits per heavy atom. The van der Waals surface area contributed by atoms with Gasteiger partial charge in [0.2, 0.25) is 0 Å². The van der Waals surface area contributed by atoms with Gasteiger partial charge in [0.25, 0.3) is 0 Å². The largest absolute Gasteiger partial charge is 0.336 e. The molecule has 0 aliphatic carbocycles. The van der Waals surface area contributed by atoms with E-state index in [1.807, 2.05) is 0 Å². The van der Waals surface area contributed by atoms with Crippen molar-refractivity contribution in [3.63, 3.8) is 0 Å². The maximum Gasteiger partial charge on any atom is 0.317 e. The third kappa shape index (κ3) is 2.85. The van der Waals surface area contributed by atoms with Crippen LogP contribution in [0.25, 0.3) is 0 Å². The van der Waals surface area contributed by atoms with Crippen molar-refractivity contribution in [2.45, 2.75) is 0 Å². The second kappa shape index (κ2) is 4.58. The average Bonchev–Trinajstić information content (AvgIpc) is 2.63. The maximum atomic E-state index is 11.3. The second-order valence-electron chi connectivity index (χ2n) is 4.37. The molecule has 0 spiro atoms. The number of urea groups is 1. The van der Waals surface area contributed by atoms with Crippen molar-refractivity contribution >= 4 is 15.9 Å². The maximum absolute atomic E-state index is 11.3. The molecule has 0 unspecified atom stereocenters. The van der Waals surface area contributed by atoms with E-state index in [1.165, 1.54) is 4.90 Å². The second-order valence-corrected chi connectivity index (χ2v) is 6.67. The summed E-state index contributed by atoms with van der Waals surface area (Å²) >= 11 is 0. The van der Waals surface area contributed by atoms with Crippen molar-refractivity contribution in [1.82, 2.24) is 10.2 Å². The molecule has 2 aliphatic rings. The van der Waals surface area contributed by atoms with Crippen molar-refractivity contribution in [3.8, 4) is 0 Å². The lowest BCUT2D eigenvalue weighted by Crippen LogP contribution is -3.15. The smallest absolute Gasteiger partial charge is 0.317 e. The molecule has 2 rings (SSSR count). The molecule has 2 N–H and O–H groups in total. The molecule has 0 atom stereocenters. The predicted molar refractivity (Wildman–Crippen MR) is 59.2 cm³/mol. The molecule has 0 bridgehead atoms.